The van der Waals surface area contributed by atoms with Crippen LogP contribution < -0.4 is 4.54 Å². The van der Waals surface area contributed by atoms with Crippen molar-refractivity contribution in [2.75, 3.05) is 5.75 Å². The van der Waals surface area contributed by atoms with Crippen molar-refractivity contribution in [3.05, 3.63) is 17.0 Å². The van der Waals surface area contributed by atoms with Gasteiger partial charge in [0, 0.05) is 11.8 Å². The van der Waals surface area contributed by atoms with Crippen molar-refractivity contribution >= 4 is 21.6 Å². The van der Waals surface area contributed by atoms with Crippen molar-refractivity contribution in [2.45, 2.75) is 54.3 Å². The van der Waals surface area contributed by atoms with E-state index < -0.39 is 9.84 Å². The number of rotatable bonds is 4. The van der Waals surface area contributed by atoms with E-state index in [2.05, 4.69) is 5.10 Å². The van der Waals surface area contributed by atoms with Crippen LogP contribution in [0.1, 0.15) is 39.0 Å². The molecule has 1 aromatic heterocycles. The zero-order chi connectivity index (χ0) is 13.9. The van der Waals surface area contributed by atoms with E-state index in [9.17, 15) is 13.3 Å². The summed E-state index contributed by atoms with van der Waals surface area (Å²) in [4.78, 5) is 11.7. The Labute approximate surface area is 117 Å². The zero-order valence-electron chi connectivity index (χ0n) is 11.0. The molecule has 1 aliphatic carbocycles. The summed E-state index contributed by atoms with van der Waals surface area (Å²) >= 11 is 1.38. The van der Waals surface area contributed by atoms with Crippen LogP contribution in [0.25, 0.3) is 0 Å². The summed E-state index contributed by atoms with van der Waals surface area (Å²) in [7, 11) is -3.40. The highest BCUT2D eigenvalue weighted by Gasteiger charge is 2.31. The fourth-order valence-electron chi connectivity index (χ4n) is 2.38. The molecule has 0 unspecified atom stereocenters. The number of aromatic nitrogens is 2. The highest BCUT2D eigenvalue weighted by Crippen LogP contribution is 2.27. The number of H-pyrrole nitrogens is 1. The van der Waals surface area contributed by atoms with Crippen molar-refractivity contribution in [3.63, 3.8) is 0 Å². The molecule has 1 saturated carbocycles. The van der Waals surface area contributed by atoms with Gasteiger partial charge in [-0.15, -0.1) is 5.10 Å². The van der Waals surface area contributed by atoms with Gasteiger partial charge in [-0.25, -0.2) is 8.42 Å². The molecule has 0 spiro atoms. The first kappa shape index (κ1) is 14.6. The highest BCUT2D eigenvalue weighted by atomic mass is 32.2. The number of nitrogens with zero attached hydrogens (tertiary/aromatic N) is 1. The summed E-state index contributed by atoms with van der Waals surface area (Å²) in [6, 6.07) is 3.09. The Hall–Kier alpha value is -0.820. The van der Waals surface area contributed by atoms with E-state index in [1.807, 2.05) is 6.92 Å². The third kappa shape index (κ3) is 3.20. The van der Waals surface area contributed by atoms with Gasteiger partial charge >= 0.3 is 5.03 Å². The molecule has 1 fully saturated rings. The predicted octanol–water partition coefficient (Wildman–Crippen LogP) is 2.15. The number of sulfone groups is 1. The molecule has 0 atom stereocenters. The van der Waals surface area contributed by atoms with Gasteiger partial charge in [-0.1, -0.05) is 26.2 Å². The number of hydrogen-bond acceptors (Lipinski definition) is 4. The molecule has 7 heteroatoms. The number of aromatic amines is 1. The molecule has 2 rings (SSSR count). The maximum absolute atomic E-state index is 12.4. The lowest BCUT2D eigenvalue weighted by molar-refractivity contribution is -0.609. The van der Waals surface area contributed by atoms with Crippen LogP contribution in [0.5, 0.6) is 0 Å². The second-order valence-corrected chi connectivity index (χ2v) is 8.16. The molecule has 1 heterocycles. The van der Waals surface area contributed by atoms with Crippen LogP contribution in [0.2, 0.25) is 0 Å². The lowest BCUT2D eigenvalue weighted by Crippen LogP contribution is -2.30. The van der Waals surface area contributed by atoms with Gasteiger partial charge in [-0.2, -0.15) is 0 Å². The van der Waals surface area contributed by atoms with Crippen molar-refractivity contribution in [2.24, 2.45) is 0 Å². The van der Waals surface area contributed by atoms with E-state index in [1.54, 1.807) is 6.07 Å². The quantitative estimate of drug-likeness (QED) is 0.683. The standard InChI is InChI=1S/C12H19N2O3S2/c1-2-18-12-9-8-11(13-14(12)15)19(16,17)10-6-4-3-5-7-10/h8-10H,2-7H2,1H3,(H,13,15)/q+1. The molecule has 5 nitrogen and oxygen atoms in total. The monoisotopic (exact) mass is 303 g/mol. The second kappa shape index (κ2) is 6.09. The topological polar surface area (TPSA) is 72.9 Å². The van der Waals surface area contributed by atoms with Crippen LogP contribution in [-0.2, 0) is 9.84 Å². The Morgan fingerprint density at radius 1 is 1.32 bits per heavy atom. The maximum Gasteiger partial charge on any atom is 0.326 e. The van der Waals surface area contributed by atoms with Gasteiger partial charge in [0.05, 0.1) is 10.2 Å². The molecule has 1 aromatic rings. The minimum absolute atomic E-state index is 0.0369. The fraction of sp³-hybridized carbons (Fsp3) is 0.667. The van der Waals surface area contributed by atoms with Crippen LogP contribution in [0.3, 0.4) is 0 Å². The first-order chi connectivity index (χ1) is 9.05. The molecule has 0 saturated heterocycles. The van der Waals surface area contributed by atoms with Crippen LogP contribution in [0.15, 0.2) is 22.2 Å². The lowest BCUT2D eigenvalue weighted by atomic mass is 10.0. The molecule has 0 aromatic carbocycles. The Morgan fingerprint density at radius 2 is 2.00 bits per heavy atom. The number of nitrogens with one attached hydrogen (secondary N) is 1. The summed E-state index contributed by atoms with van der Waals surface area (Å²) in [6.45, 7) is 1.94. The van der Waals surface area contributed by atoms with Gasteiger partial charge in [-0.05, 0) is 30.7 Å². The average Bonchev–Trinajstić information content (AvgIpc) is 2.42. The smallest absolute Gasteiger partial charge is 0.222 e. The molecule has 19 heavy (non-hydrogen) atoms. The molecular formula is C12H19N2O3S2+. The van der Waals surface area contributed by atoms with Crippen LogP contribution in [-0.4, -0.2) is 24.5 Å². The molecule has 0 radical (unpaired) electrons. The lowest BCUT2D eigenvalue weighted by Gasteiger charge is -2.20. The minimum Gasteiger partial charge on any atom is -0.222 e. The summed E-state index contributed by atoms with van der Waals surface area (Å²) in [5.41, 5.74) is 0. The van der Waals surface area contributed by atoms with Gasteiger partial charge in [0.2, 0.25) is 9.84 Å². The molecule has 1 N–H and O–H groups in total. The molecular weight excluding hydrogens is 284 g/mol. The Bertz CT molecular complexity index is 589. The van der Waals surface area contributed by atoms with Crippen molar-refractivity contribution in [1.82, 2.24) is 5.10 Å². The Morgan fingerprint density at radius 3 is 2.58 bits per heavy atom. The summed E-state index contributed by atoms with van der Waals surface area (Å²) in [6.07, 6.45) is 4.39. The normalized spacial score (nSPS) is 17.5. The fourth-order valence-corrected chi connectivity index (χ4v) is 4.78. The van der Waals surface area contributed by atoms with Gasteiger partial charge in [0.1, 0.15) is 0 Å². The number of thioether (sulfide) groups is 1. The first-order valence-electron chi connectivity index (χ1n) is 6.58. The van der Waals surface area contributed by atoms with E-state index >= 15 is 0 Å². The Balaban J connectivity index is 2.30. The zero-order valence-corrected chi connectivity index (χ0v) is 12.6. The van der Waals surface area contributed by atoms with E-state index in [-0.39, 0.29) is 10.3 Å². The summed E-state index contributed by atoms with van der Waals surface area (Å²) < 4.78 is 25.4. The highest BCUT2D eigenvalue weighted by molar-refractivity contribution is 7.99. The van der Waals surface area contributed by atoms with E-state index in [4.69, 9.17) is 0 Å². The molecule has 106 valence electrons. The average molecular weight is 303 g/mol. The Kier molecular flexibility index (Phi) is 4.67. The summed E-state index contributed by atoms with van der Waals surface area (Å²) in [5, 5.41) is 2.63. The van der Waals surface area contributed by atoms with Gasteiger partial charge < -0.3 is 0 Å². The van der Waals surface area contributed by atoms with E-state index in [0.29, 0.717) is 22.4 Å². The molecule has 0 bridgehead atoms. The summed E-state index contributed by atoms with van der Waals surface area (Å²) in [5.74, 6) is 0.769. The largest absolute Gasteiger partial charge is 0.326 e. The molecule has 1 aliphatic rings. The third-order valence-corrected chi connectivity index (χ3v) is 6.45. The van der Waals surface area contributed by atoms with Crippen LogP contribution >= 0.6 is 11.8 Å². The van der Waals surface area contributed by atoms with Crippen LogP contribution in [0.4, 0.5) is 0 Å². The van der Waals surface area contributed by atoms with Gasteiger partial charge in [0.15, 0.2) is 9.57 Å². The second-order valence-electron chi connectivity index (χ2n) is 4.68. The van der Waals surface area contributed by atoms with Gasteiger partial charge in [0.25, 0.3) is 0 Å². The van der Waals surface area contributed by atoms with Crippen molar-refractivity contribution in [3.8, 4) is 0 Å². The first-order valence-corrected chi connectivity index (χ1v) is 9.11. The van der Waals surface area contributed by atoms with Crippen LogP contribution in [0, 0.1) is 4.91 Å². The van der Waals surface area contributed by atoms with E-state index in [0.717, 1.165) is 25.0 Å². The predicted molar refractivity (Wildman–Crippen MR) is 74.6 cm³/mol. The number of hydrogen-bond donors (Lipinski definition) is 1. The van der Waals surface area contributed by atoms with Crippen molar-refractivity contribution in [1.29, 1.82) is 0 Å². The van der Waals surface area contributed by atoms with Crippen molar-refractivity contribution < 1.29 is 13.0 Å². The van der Waals surface area contributed by atoms with Gasteiger partial charge in [-0.3, -0.25) is 0 Å². The minimum atomic E-state index is -3.40. The molecule has 0 amide bonds. The third-order valence-electron chi connectivity index (χ3n) is 3.38. The maximum atomic E-state index is 12.4. The molecule has 0 aliphatic heterocycles. The van der Waals surface area contributed by atoms with E-state index in [1.165, 1.54) is 17.8 Å². The SMILES string of the molecule is CCSc1ccc(S(=O)(=O)C2CCCCC2)[nH][n+]1=O.